The molecule has 0 aromatic heterocycles. The molecule has 0 aromatic carbocycles. The Bertz CT molecular complexity index is 319. The van der Waals surface area contributed by atoms with Gasteiger partial charge in [-0.3, -0.25) is 9.59 Å². The Morgan fingerprint density at radius 1 is 1.35 bits per heavy atom. The number of nitrogens with one attached hydrogen (secondary N) is 2. The van der Waals surface area contributed by atoms with Gasteiger partial charge in [0.25, 0.3) is 0 Å². The van der Waals surface area contributed by atoms with Gasteiger partial charge in [-0.05, 0) is 33.2 Å². The van der Waals surface area contributed by atoms with Crippen LogP contribution in [-0.2, 0) is 9.59 Å². The fourth-order valence-corrected chi connectivity index (χ4v) is 2.67. The van der Waals surface area contributed by atoms with Crippen molar-refractivity contribution in [3.8, 4) is 0 Å². The molecule has 17 heavy (non-hydrogen) atoms. The second-order valence-corrected chi connectivity index (χ2v) is 5.08. The van der Waals surface area contributed by atoms with Crippen LogP contribution in [0.5, 0.6) is 0 Å². The molecule has 2 saturated heterocycles. The second kappa shape index (κ2) is 5.04. The Morgan fingerprint density at radius 2 is 2.12 bits per heavy atom. The number of carbonyl (C=O) groups excluding carboxylic acids is 2. The van der Waals surface area contributed by atoms with Gasteiger partial charge in [-0.25, -0.2) is 0 Å². The van der Waals surface area contributed by atoms with Gasteiger partial charge in [-0.2, -0.15) is 0 Å². The van der Waals surface area contributed by atoms with Crippen LogP contribution in [0.25, 0.3) is 0 Å². The molecule has 2 fully saturated rings. The number of hydrogen-bond donors (Lipinski definition) is 2. The van der Waals surface area contributed by atoms with E-state index in [-0.39, 0.29) is 23.8 Å². The summed E-state index contributed by atoms with van der Waals surface area (Å²) in [6.45, 7) is 6.02. The molecule has 0 spiro atoms. The molecule has 1 unspecified atom stereocenters. The van der Waals surface area contributed by atoms with E-state index >= 15 is 0 Å². The van der Waals surface area contributed by atoms with E-state index in [4.69, 9.17) is 0 Å². The van der Waals surface area contributed by atoms with E-state index in [0.29, 0.717) is 19.1 Å². The number of piperidine rings is 1. The molecule has 0 aromatic rings. The third-order valence-electron chi connectivity index (χ3n) is 3.75. The van der Waals surface area contributed by atoms with Crippen molar-refractivity contribution >= 4 is 11.8 Å². The molecule has 2 heterocycles. The van der Waals surface area contributed by atoms with E-state index in [1.54, 1.807) is 11.8 Å². The van der Waals surface area contributed by atoms with Gasteiger partial charge in [0.1, 0.15) is 6.04 Å². The van der Waals surface area contributed by atoms with Crippen LogP contribution < -0.4 is 10.6 Å². The first-order valence-electron chi connectivity index (χ1n) is 6.41. The topological polar surface area (TPSA) is 61.4 Å². The molecule has 2 amide bonds. The van der Waals surface area contributed by atoms with Crippen molar-refractivity contribution < 1.29 is 9.59 Å². The largest absolute Gasteiger partial charge is 0.353 e. The maximum Gasteiger partial charge on any atom is 0.242 e. The molecule has 2 N–H and O–H groups in total. The summed E-state index contributed by atoms with van der Waals surface area (Å²) < 4.78 is 0. The summed E-state index contributed by atoms with van der Waals surface area (Å²) in [4.78, 5) is 25.6. The highest BCUT2D eigenvalue weighted by atomic mass is 16.2. The summed E-state index contributed by atoms with van der Waals surface area (Å²) in [7, 11) is 0. The molecular formula is C12H21N3O2. The number of carbonyl (C=O) groups is 2. The molecule has 2 aliphatic rings. The summed E-state index contributed by atoms with van der Waals surface area (Å²) in [5.41, 5.74) is 0. The molecule has 96 valence electrons. The summed E-state index contributed by atoms with van der Waals surface area (Å²) >= 11 is 0. The minimum Gasteiger partial charge on any atom is -0.353 e. The SMILES string of the molecule is CC1C(=O)NCCN1C(=O)[C@H]1CCN[C@@H](C)C1. The smallest absolute Gasteiger partial charge is 0.242 e. The first kappa shape index (κ1) is 12.4. The van der Waals surface area contributed by atoms with E-state index < -0.39 is 0 Å². The minimum absolute atomic E-state index is 0.0356. The zero-order valence-electron chi connectivity index (χ0n) is 10.5. The molecule has 0 radical (unpaired) electrons. The van der Waals surface area contributed by atoms with Gasteiger partial charge in [-0.15, -0.1) is 0 Å². The molecule has 0 aliphatic carbocycles. The summed E-state index contributed by atoms with van der Waals surface area (Å²) in [6.07, 6.45) is 1.76. The number of piperazine rings is 1. The highest BCUT2D eigenvalue weighted by Gasteiger charge is 2.34. The Balaban J connectivity index is 2.00. The Morgan fingerprint density at radius 3 is 2.82 bits per heavy atom. The third-order valence-corrected chi connectivity index (χ3v) is 3.75. The fourth-order valence-electron chi connectivity index (χ4n) is 2.67. The molecule has 5 nitrogen and oxygen atoms in total. The number of rotatable bonds is 1. The maximum atomic E-state index is 12.4. The average molecular weight is 239 g/mol. The minimum atomic E-state index is -0.318. The number of amides is 2. The summed E-state index contributed by atoms with van der Waals surface area (Å²) in [5, 5.41) is 6.12. The van der Waals surface area contributed by atoms with Gasteiger partial charge in [0.15, 0.2) is 0 Å². The Hall–Kier alpha value is -1.10. The zero-order chi connectivity index (χ0) is 12.4. The molecule has 3 atom stereocenters. The van der Waals surface area contributed by atoms with Crippen molar-refractivity contribution in [1.82, 2.24) is 15.5 Å². The van der Waals surface area contributed by atoms with Crippen LogP contribution in [0.4, 0.5) is 0 Å². The lowest BCUT2D eigenvalue weighted by Gasteiger charge is -2.37. The van der Waals surface area contributed by atoms with Gasteiger partial charge in [0.05, 0.1) is 0 Å². The van der Waals surface area contributed by atoms with E-state index in [1.807, 2.05) is 0 Å². The highest BCUT2D eigenvalue weighted by molar-refractivity contribution is 5.89. The third kappa shape index (κ3) is 2.60. The quantitative estimate of drug-likeness (QED) is 0.661. The molecule has 0 saturated carbocycles. The number of nitrogens with zero attached hydrogens (tertiary/aromatic N) is 1. The van der Waals surface area contributed by atoms with Crippen molar-refractivity contribution in [3.05, 3.63) is 0 Å². The van der Waals surface area contributed by atoms with Gasteiger partial charge in [0, 0.05) is 25.0 Å². The van der Waals surface area contributed by atoms with Crippen LogP contribution in [0.15, 0.2) is 0 Å². The zero-order valence-corrected chi connectivity index (χ0v) is 10.5. The van der Waals surface area contributed by atoms with E-state index in [0.717, 1.165) is 19.4 Å². The predicted molar refractivity (Wildman–Crippen MR) is 64.4 cm³/mol. The fraction of sp³-hybridized carbons (Fsp3) is 0.833. The predicted octanol–water partition coefficient (Wildman–Crippen LogP) is -0.279. The first-order chi connectivity index (χ1) is 8.09. The van der Waals surface area contributed by atoms with Crippen molar-refractivity contribution in [2.75, 3.05) is 19.6 Å². The maximum absolute atomic E-state index is 12.4. The van der Waals surface area contributed by atoms with Crippen molar-refractivity contribution in [2.45, 2.75) is 38.8 Å². The van der Waals surface area contributed by atoms with Crippen molar-refractivity contribution in [3.63, 3.8) is 0 Å². The monoisotopic (exact) mass is 239 g/mol. The summed E-state index contributed by atoms with van der Waals surface area (Å²) in [5.74, 6) is 0.201. The van der Waals surface area contributed by atoms with Gasteiger partial charge in [0.2, 0.25) is 11.8 Å². The van der Waals surface area contributed by atoms with Crippen LogP contribution in [0, 0.1) is 5.92 Å². The van der Waals surface area contributed by atoms with Crippen LogP contribution in [-0.4, -0.2) is 48.4 Å². The van der Waals surface area contributed by atoms with E-state index in [2.05, 4.69) is 17.6 Å². The molecule has 0 bridgehead atoms. The lowest BCUT2D eigenvalue weighted by atomic mass is 9.91. The van der Waals surface area contributed by atoms with Crippen molar-refractivity contribution in [2.24, 2.45) is 5.92 Å². The highest BCUT2D eigenvalue weighted by Crippen LogP contribution is 2.20. The van der Waals surface area contributed by atoms with Crippen LogP contribution in [0.2, 0.25) is 0 Å². The number of hydrogen-bond acceptors (Lipinski definition) is 3. The van der Waals surface area contributed by atoms with Gasteiger partial charge < -0.3 is 15.5 Å². The molecule has 5 heteroatoms. The van der Waals surface area contributed by atoms with Gasteiger partial charge in [-0.1, -0.05) is 0 Å². The Labute approximate surface area is 102 Å². The first-order valence-corrected chi connectivity index (χ1v) is 6.41. The molecular weight excluding hydrogens is 218 g/mol. The molecule has 2 rings (SSSR count). The van der Waals surface area contributed by atoms with Crippen LogP contribution in [0.1, 0.15) is 26.7 Å². The van der Waals surface area contributed by atoms with Gasteiger partial charge >= 0.3 is 0 Å². The normalized spacial score (nSPS) is 34.4. The second-order valence-electron chi connectivity index (χ2n) is 5.08. The van der Waals surface area contributed by atoms with E-state index in [1.165, 1.54) is 0 Å². The van der Waals surface area contributed by atoms with Crippen LogP contribution in [0.3, 0.4) is 0 Å². The Kier molecular flexibility index (Phi) is 3.66. The van der Waals surface area contributed by atoms with E-state index in [9.17, 15) is 9.59 Å². The standard InChI is InChI=1S/C12H21N3O2/c1-8-7-10(3-4-13-8)12(17)15-6-5-14-11(16)9(15)2/h8-10,13H,3-7H2,1-2H3,(H,14,16)/t8-,9?,10-/m0/s1. The lowest BCUT2D eigenvalue weighted by Crippen LogP contribution is -2.58. The average Bonchev–Trinajstić information content (AvgIpc) is 2.32. The lowest BCUT2D eigenvalue weighted by molar-refractivity contribution is -0.146. The molecule has 2 aliphatic heterocycles. The summed E-state index contributed by atoms with van der Waals surface area (Å²) in [6, 6.07) is 0.0769. The van der Waals surface area contributed by atoms with Crippen LogP contribution >= 0.6 is 0 Å². The van der Waals surface area contributed by atoms with Crippen molar-refractivity contribution in [1.29, 1.82) is 0 Å².